The Morgan fingerprint density at radius 2 is 2.24 bits per heavy atom. The predicted octanol–water partition coefficient (Wildman–Crippen LogP) is 1.22. The Balaban J connectivity index is 2.50. The number of aliphatic carboxylic acids is 1. The summed E-state index contributed by atoms with van der Waals surface area (Å²) in [4.78, 5) is 26.2. The number of carbonyl (C=O) groups is 2. The molecule has 0 saturated heterocycles. The van der Waals surface area contributed by atoms with E-state index in [1.807, 2.05) is 6.92 Å². The van der Waals surface area contributed by atoms with Gasteiger partial charge in [-0.1, -0.05) is 13.3 Å². The van der Waals surface area contributed by atoms with Crippen LogP contribution in [0.2, 0.25) is 0 Å². The van der Waals surface area contributed by atoms with Gasteiger partial charge in [0.1, 0.15) is 11.9 Å². The molecule has 0 aromatic carbocycles. The molecule has 1 rings (SSSR count). The largest absolute Gasteiger partial charge is 0.480 e. The van der Waals surface area contributed by atoms with E-state index in [0.29, 0.717) is 23.8 Å². The lowest BCUT2D eigenvalue weighted by atomic mass is 10.2. The Morgan fingerprint density at radius 3 is 2.71 bits per heavy atom. The van der Waals surface area contributed by atoms with E-state index in [1.54, 1.807) is 6.92 Å². The minimum absolute atomic E-state index is 0.348. The molecule has 0 fully saturated rings. The predicted molar refractivity (Wildman–Crippen MR) is 63.1 cm³/mol. The van der Waals surface area contributed by atoms with E-state index < -0.39 is 18.0 Å². The molecule has 0 aliphatic heterocycles. The fourth-order valence-corrected chi connectivity index (χ4v) is 1.76. The third-order valence-electron chi connectivity index (χ3n) is 1.93. The number of nitrogens with one attached hydrogen (secondary N) is 2. The van der Waals surface area contributed by atoms with E-state index in [-0.39, 0.29) is 0 Å². The quantitative estimate of drug-likeness (QED) is 0.736. The first-order valence-corrected chi connectivity index (χ1v) is 5.91. The summed E-state index contributed by atoms with van der Waals surface area (Å²) in [5, 5.41) is 14.0. The molecule has 0 saturated carbocycles. The molecular formula is C9H14N4O3S. The molecule has 1 heterocycles. The Bertz CT molecular complexity index is 407. The van der Waals surface area contributed by atoms with Crippen LogP contribution in [0.3, 0.4) is 0 Å². The van der Waals surface area contributed by atoms with Crippen LogP contribution in [0, 0.1) is 6.92 Å². The summed E-state index contributed by atoms with van der Waals surface area (Å²) in [5.74, 6) is -0.482. The Kier molecular flexibility index (Phi) is 4.83. The standard InChI is InChI=1S/C9H14N4O3S/c1-3-4-6(7(14)15)11-8(16)12-9-10-5(2)13-17-9/h6H,3-4H2,1-2H3,(H,14,15)(H2,10,11,12,13,16)/t6-/m1/s1. The summed E-state index contributed by atoms with van der Waals surface area (Å²) in [7, 11) is 0. The Hall–Kier alpha value is -1.70. The molecule has 3 N–H and O–H groups in total. The van der Waals surface area contributed by atoms with Gasteiger partial charge < -0.3 is 10.4 Å². The SMILES string of the molecule is CCC[C@@H](NC(=O)Nc1nc(C)ns1)C(=O)O. The Labute approximate surface area is 102 Å². The van der Waals surface area contributed by atoms with Crippen LogP contribution in [0.5, 0.6) is 0 Å². The first-order valence-electron chi connectivity index (χ1n) is 5.13. The van der Waals surface area contributed by atoms with Crippen LogP contribution in [-0.4, -0.2) is 32.5 Å². The molecular weight excluding hydrogens is 244 g/mol. The van der Waals surface area contributed by atoms with Gasteiger partial charge in [-0.2, -0.15) is 4.37 Å². The average molecular weight is 258 g/mol. The number of hydrogen-bond acceptors (Lipinski definition) is 5. The zero-order valence-electron chi connectivity index (χ0n) is 9.56. The molecule has 0 aliphatic carbocycles. The molecule has 0 radical (unpaired) electrons. The van der Waals surface area contributed by atoms with Crippen LogP contribution in [0.4, 0.5) is 9.93 Å². The van der Waals surface area contributed by atoms with Crippen LogP contribution < -0.4 is 10.6 Å². The summed E-state index contributed by atoms with van der Waals surface area (Å²) in [5.41, 5.74) is 0. The van der Waals surface area contributed by atoms with Gasteiger partial charge >= 0.3 is 12.0 Å². The monoisotopic (exact) mass is 258 g/mol. The third-order valence-corrected chi connectivity index (χ3v) is 2.65. The second kappa shape index (κ2) is 6.14. The molecule has 2 amide bonds. The number of rotatable bonds is 5. The van der Waals surface area contributed by atoms with E-state index in [2.05, 4.69) is 20.0 Å². The molecule has 7 nitrogen and oxygen atoms in total. The van der Waals surface area contributed by atoms with Crippen molar-refractivity contribution in [3.05, 3.63) is 5.82 Å². The second-order valence-electron chi connectivity index (χ2n) is 3.42. The fourth-order valence-electron chi connectivity index (χ4n) is 1.19. The van der Waals surface area contributed by atoms with Gasteiger partial charge in [0, 0.05) is 11.5 Å². The molecule has 94 valence electrons. The van der Waals surface area contributed by atoms with Crippen molar-refractivity contribution in [3.63, 3.8) is 0 Å². The minimum atomic E-state index is -1.05. The number of aryl methyl sites for hydroxylation is 1. The van der Waals surface area contributed by atoms with Gasteiger partial charge in [-0.05, 0) is 13.3 Å². The molecule has 0 spiro atoms. The van der Waals surface area contributed by atoms with E-state index >= 15 is 0 Å². The Morgan fingerprint density at radius 1 is 1.53 bits per heavy atom. The summed E-state index contributed by atoms with van der Waals surface area (Å²) >= 11 is 1.05. The smallest absolute Gasteiger partial charge is 0.326 e. The summed E-state index contributed by atoms with van der Waals surface area (Å²) < 4.78 is 3.89. The van der Waals surface area contributed by atoms with Crippen molar-refractivity contribution in [1.82, 2.24) is 14.7 Å². The first-order chi connectivity index (χ1) is 8.02. The van der Waals surface area contributed by atoms with Crippen LogP contribution in [0.15, 0.2) is 0 Å². The number of carboxylic acid groups (broad SMARTS) is 1. The van der Waals surface area contributed by atoms with E-state index in [4.69, 9.17) is 5.11 Å². The highest BCUT2D eigenvalue weighted by molar-refractivity contribution is 7.09. The van der Waals surface area contributed by atoms with Gasteiger partial charge in [0.25, 0.3) is 0 Å². The van der Waals surface area contributed by atoms with Crippen molar-refractivity contribution in [1.29, 1.82) is 0 Å². The number of nitrogens with zero attached hydrogens (tertiary/aromatic N) is 2. The molecule has 8 heteroatoms. The maximum Gasteiger partial charge on any atom is 0.326 e. The molecule has 17 heavy (non-hydrogen) atoms. The number of carboxylic acids is 1. The summed E-state index contributed by atoms with van der Waals surface area (Å²) in [6.45, 7) is 3.56. The normalized spacial score (nSPS) is 11.9. The average Bonchev–Trinajstić information content (AvgIpc) is 2.63. The first kappa shape index (κ1) is 13.4. The lowest BCUT2D eigenvalue weighted by Crippen LogP contribution is -2.42. The topological polar surface area (TPSA) is 104 Å². The number of hydrogen-bond donors (Lipinski definition) is 3. The van der Waals surface area contributed by atoms with Gasteiger partial charge in [-0.3, -0.25) is 5.32 Å². The number of carbonyl (C=O) groups excluding carboxylic acids is 1. The molecule has 1 aromatic heterocycles. The maximum absolute atomic E-state index is 11.5. The van der Waals surface area contributed by atoms with E-state index in [0.717, 1.165) is 11.5 Å². The number of amides is 2. The molecule has 0 unspecified atom stereocenters. The highest BCUT2D eigenvalue weighted by Gasteiger charge is 2.19. The number of aromatic nitrogens is 2. The van der Waals surface area contributed by atoms with E-state index in [9.17, 15) is 9.59 Å². The highest BCUT2D eigenvalue weighted by Crippen LogP contribution is 2.09. The van der Waals surface area contributed by atoms with Crippen molar-refractivity contribution in [2.24, 2.45) is 0 Å². The van der Waals surface area contributed by atoms with E-state index in [1.165, 1.54) is 0 Å². The highest BCUT2D eigenvalue weighted by atomic mass is 32.1. The van der Waals surface area contributed by atoms with Crippen LogP contribution in [0.25, 0.3) is 0 Å². The lowest BCUT2D eigenvalue weighted by Gasteiger charge is -2.12. The summed E-state index contributed by atoms with van der Waals surface area (Å²) in [6, 6.07) is -1.46. The minimum Gasteiger partial charge on any atom is -0.480 e. The van der Waals surface area contributed by atoms with Gasteiger partial charge in [0.05, 0.1) is 0 Å². The van der Waals surface area contributed by atoms with Crippen molar-refractivity contribution in [2.75, 3.05) is 5.32 Å². The molecule has 0 bridgehead atoms. The van der Waals surface area contributed by atoms with Crippen molar-refractivity contribution < 1.29 is 14.7 Å². The van der Waals surface area contributed by atoms with Gasteiger partial charge in [-0.15, -0.1) is 0 Å². The maximum atomic E-state index is 11.5. The van der Waals surface area contributed by atoms with Crippen LogP contribution in [0.1, 0.15) is 25.6 Å². The zero-order chi connectivity index (χ0) is 12.8. The van der Waals surface area contributed by atoms with Crippen molar-refractivity contribution >= 4 is 28.7 Å². The van der Waals surface area contributed by atoms with Crippen molar-refractivity contribution in [2.45, 2.75) is 32.7 Å². The summed E-state index contributed by atoms with van der Waals surface area (Å²) in [6.07, 6.45) is 1.06. The number of urea groups is 1. The van der Waals surface area contributed by atoms with Crippen molar-refractivity contribution in [3.8, 4) is 0 Å². The number of anilines is 1. The lowest BCUT2D eigenvalue weighted by molar-refractivity contribution is -0.139. The third kappa shape index (κ3) is 4.35. The fraction of sp³-hybridized carbons (Fsp3) is 0.556. The van der Waals surface area contributed by atoms with Crippen LogP contribution >= 0.6 is 11.5 Å². The van der Waals surface area contributed by atoms with Gasteiger partial charge in [-0.25, -0.2) is 14.6 Å². The van der Waals surface area contributed by atoms with Crippen LogP contribution in [-0.2, 0) is 4.79 Å². The van der Waals surface area contributed by atoms with Gasteiger partial charge in [0.15, 0.2) is 0 Å². The molecule has 0 aliphatic rings. The molecule has 1 atom stereocenters. The zero-order valence-corrected chi connectivity index (χ0v) is 10.4. The molecule has 1 aromatic rings. The second-order valence-corrected chi connectivity index (χ2v) is 4.18. The van der Waals surface area contributed by atoms with Gasteiger partial charge in [0.2, 0.25) is 5.13 Å².